The first-order chi connectivity index (χ1) is 9.63. The third kappa shape index (κ3) is 3.01. The molecule has 0 aromatic carbocycles. The monoisotopic (exact) mass is 277 g/mol. The number of aliphatic hydroxyl groups is 1. The van der Waals surface area contributed by atoms with Gasteiger partial charge in [-0.25, -0.2) is 4.79 Å². The van der Waals surface area contributed by atoms with Crippen molar-refractivity contribution in [1.29, 1.82) is 0 Å². The zero-order valence-electron chi connectivity index (χ0n) is 10.9. The van der Waals surface area contributed by atoms with Crippen molar-refractivity contribution in [2.24, 2.45) is 0 Å². The van der Waals surface area contributed by atoms with E-state index in [1.165, 1.54) is 10.8 Å². The van der Waals surface area contributed by atoms with Gasteiger partial charge in [-0.1, -0.05) is 6.07 Å². The molecule has 20 heavy (non-hydrogen) atoms. The van der Waals surface area contributed by atoms with Crippen LogP contribution in [-0.2, 0) is 4.74 Å². The Hall–Kier alpha value is -2.25. The lowest BCUT2D eigenvalue weighted by molar-refractivity contribution is 0.00541. The van der Waals surface area contributed by atoms with E-state index < -0.39 is 17.5 Å². The maximum atomic E-state index is 11.9. The van der Waals surface area contributed by atoms with Crippen molar-refractivity contribution in [3.63, 3.8) is 0 Å². The van der Waals surface area contributed by atoms with Crippen molar-refractivity contribution in [1.82, 2.24) is 14.5 Å². The predicted octanol–water partition coefficient (Wildman–Crippen LogP) is -0.204. The highest BCUT2D eigenvalue weighted by molar-refractivity contribution is 5.10. The fourth-order valence-corrected chi connectivity index (χ4v) is 1.75. The molecule has 0 amide bonds. The zero-order valence-corrected chi connectivity index (χ0v) is 10.9. The van der Waals surface area contributed by atoms with Crippen LogP contribution in [-0.4, -0.2) is 32.9 Å². The Balaban J connectivity index is 2.49. The number of hydrogen-bond donors (Lipinski definition) is 2. The fraction of sp³-hybridized carbons (Fsp3) is 0.308. The molecule has 106 valence electrons. The third-order valence-electron chi connectivity index (χ3n) is 2.71. The van der Waals surface area contributed by atoms with Crippen LogP contribution in [0.1, 0.15) is 17.5 Å². The summed E-state index contributed by atoms with van der Waals surface area (Å²) < 4.78 is 6.71. The summed E-state index contributed by atoms with van der Waals surface area (Å²) in [7, 11) is 0. The number of nitrogens with zero attached hydrogens (tertiary/aromatic N) is 2. The molecule has 2 N–H and O–H groups in total. The van der Waals surface area contributed by atoms with E-state index in [2.05, 4.69) is 9.97 Å². The standard InChI is InChI=1S/C13H15N3O4/c1-9-8-16(13(19)15-11(9)18)12(20-7-6-17)10-4-2-3-5-14-10/h2-5,8,12,17H,6-7H2,1H3,(H,15,18,19). The number of H-pyrrole nitrogens is 1. The van der Waals surface area contributed by atoms with Gasteiger partial charge in [0, 0.05) is 18.0 Å². The highest BCUT2D eigenvalue weighted by Gasteiger charge is 2.17. The summed E-state index contributed by atoms with van der Waals surface area (Å²) in [6, 6.07) is 5.21. The normalized spacial score (nSPS) is 12.3. The van der Waals surface area contributed by atoms with Crippen molar-refractivity contribution >= 4 is 0 Å². The van der Waals surface area contributed by atoms with Crippen molar-refractivity contribution in [3.05, 3.63) is 62.7 Å². The second kappa shape index (κ2) is 6.27. The number of aromatic amines is 1. The van der Waals surface area contributed by atoms with Crippen LogP contribution in [0.15, 0.2) is 40.2 Å². The minimum Gasteiger partial charge on any atom is -0.394 e. The van der Waals surface area contributed by atoms with Gasteiger partial charge in [-0.05, 0) is 19.1 Å². The van der Waals surface area contributed by atoms with Crippen LogP contribution < -0.4 is 11.2 Å². The average Bonchev–Trinajstić information content (AvgIpc) is 2.45. The summed E-state index contributed by atoms with van der Waals surface area (Å²) in [5.74, 6) is 0. The minimum absolute atomic E-state index is 0.0475. The van der Waals surface area contributed by atoms with Crippen LogP contribution in [0.4, 0.5) is 0 Å². The molecule has 1 unspecified atom stereocenters. The lowest BCUT2D eigenvalue weighted by atomic mass is 10.3. The van der Waals surface area contributed by atoms with Gasteiger partial charge in [-0.2, -0.15) is 0 Å². The van der Waals surface area contributed by atoms with E-state index in [9.17, 15) is 9.59 Å². The SMILES string of the molecule is Cc1cn(C(OCCO)c2ccccn2)c(=O)[nH]c1=O. The molecular formula is C13H15N3O4. The number of aliphatic hydroxyl groups excluding tert-OH is 1. The average molecular weight is 277 g/mol. The number of aromatic nitrogens is 3. The van der Waals surface area contributed by atoms with E-state index in [1.807, 2.05) is 0 Å². The van der Waals surface area contributed by atoms with Gasteiger partial charge in [0.25, 0.3) is 5.56 Å². The summed E-state index contributed by atoms with van der Waals surface area (Å²) in [6.45, 7) is 1.46. The molecule has 1 atom stereocenters. The molecule has 0 aliphatic carbocycles. The molecular weight excluding hydrogens is 262 g/mol. The van der Waals surface area contributed by atoms with Crippen LogP contribution >= 0.6 is 0 Å². The van der Waals surface area contributed by atoms with Gasteiger partial charge < -0.3 is 9.84 Å². The Labute approximate surface area is 114 Å². The van der Waals surface area contributed by atoms with E-state index >= 15 is 0 Å². The van der Waals surface area contributed by atoms with Gasteiger partial charge in [-0.15, -0.1) is 0 Å². The van der Waals surface area contributed by atoms with Gasteiger partial charge in [0.2, 0.25) is 0 Å². The van der Waals surface area contributed by atoms with Crippen molar-refractivity contribution < 1.29 is 9.84 Å². The molecule has 7 nitrogen and oxygen atoms in total. The van der Waals surface area contributed by atoms with Crippen molar-refractivity contribution in [2.45, 2.75) is 13.2 Å². The largest absolute Gasteiger partial charge is 0.394 e. The van der Waals surface area contributed by atoms with E-state index in [-0.39, 0.29) is 13.2 Å². The van der Waals surface area contributed by atoms with Gasteiger partial charge in [0.1, 0.15) is 0 Å². The highest BCUT2D eigenvalue weighted by Crippen LogP contribution is 2.15. The van der Waals surface area contributed by atoms with Gasteiger partial charge in [-0.3, -0.25) is 19.3 Å². The first kappa shape index (κ1) is 14.2. The molecule has 0 radical (unpaired) electrons. The molecule has 0 bridgehead atoms. The summed E-state index contributed by atoms with van der Waals surface area (Å²) in [6.07, 6.45) is 2.19. The molecule has 0 saturated carbocycles. The van der Waals surface area contributed by atoms with Crippen LogP contribution in [0.25, 0.3) is 0 Å². The smallest absolute Gasteiger partial charge is 0.330 e. The summed E-state index contributed by atoms with van der Waals surface area (Å²) in [5, 5.41) is 8.89. The first-order valence-electron chi connectivity index (χ1n) is 6.09. The number of aryl methyl sites for hydroxylation is 1. The van der Waals surface area contributed by atoms with E-state index in [0.29, 0.717) is 11.3 Å². The number of nitrogens with one attached hydrogen (secondary N) is 1. The predicted molar refractivity (Wildman–Crippen MR) is 71.5 cm³/mol. The molecule has 2 heterocycles. The van der Waals surface area contributed by atoms with Crippen LogP contribution in [0.2, 0.25) is 0 Å². The Morgan fingerprint density at radius 1 is 1.45 bits per heavy atom. The molecule has 0 aliphatic rings. The Bertz CT molecular complexity index is 678. The van der Waals surface area contributed by atoms with Crippen molar-refractivity contribution in [2.75, 3.05) is 13.2 Å². The lowest BCUT2D eigenvalue weighted by Gasteiger charge is -2.19. The topological polar surface area (TPSA) is 97.2 Å². The molecule has 0 fully saturated rings. The molecule has 2 aromatic rings. The zero-order chi connectivity index (χ0) is 14.5. The maximum Gasteiger partial charge on any atom is 0.330 e. The molecule has 2 aromatic heterocycles. The first-order valence-corrected chi connectivity index (χ1v) is 6.09. The minimum atomic E-state index is -0.800. The number of ether oxygens (including phenoxy) is 1. The number of hydrogen-bond acceptors (Lipinski definition) is 5. The summed E-state index contributed by atoms with van der Waals surface area (Å²) in [4.78, 5) is 29.7. The highest BCUT2D eigenvalue weighted by atomic mass is 16.5. The third-order valence-corrected chi connectivity index (χ3v) is 2.71. The van der Waals surface area contributed by atoms with E-state index in [1.54, 1.807) is 31.3 Å². The van der Waals surface area contributed by atoms with E-state index in [0.717, 1.165) is 0 Å². The van der Waals surface area contributed by atoms with Crippen LogP contribution in [0.3, 0.4) is 0 Å². The molecule has 0 spiro atoms. The van der Waals surface area contributed by atoms with E-state index in [4.69, 9.17) is 9.84 Å². The number of pyridine rings is 1. The second-order valence-corrected chi connectivity index (χ2v) is 4.18. The van der Waals surface area contributed by atoms with Crippen LogP contribution in [0.5, 0.6) is 0 Å². The fourth-order valence-electron chi connectivity index (χ4n) is 1.75. The molecule has 2 rings (SSSR count). The van der Waals surface area contributed by atoms with Gasteiger partial charge in [0.15, 0.2) is 6.23 Å². The Kier molecular flexibility index (Phi) is 4.44. The van der Waals surface area contributed by atoms with Gasteiger partial charge in [0.05, 0.1) is 18.9 Å². The van der Waals surface area contributed by atoms with Crippen molar-refractivity contribution in [3.8, 4) is 0 Å². The summed E-state index contributed by atoms with van der Waals surface area (Å²) >= 11 is 0. The maximum absolute atomic E-state index is 11.9. The molecule has 7 heteroatoms. The second-order valence-electron chi connectivity index (χ2n) is 4.18. The van der Waals surface area contributed by atoms with Crippen LogP contribution in [0, 0.1) is 6.92 Å². The quantitative estimate of drug-likeness (QED) is 0.788. The molecule has 0 saturated heterocycles. The molecule has 0 aliphatic heterocycles. The Morgan fingerprint density at radius 3 is 2.90 bits per heavy atom. The summed E-state index contributed by atoms with van der Waals surface area (Å²) in [5.41, 5.74) is -0.130. The van der Waals surface area contributed by atoms with Gasteiger partial charge >= 0.3 is 5.69 Å². The number of rotatable bonds is 5. The Morgan fingerprint density at radius 2 is 2.25 bits per heavy atom. The lowest BCUT2D eigenvalue weighted by Crippen LogP contribution is -2.35.